The molecule has 0 aliphatic carbocycles. The Morgan fingerprint density at radius 3 is 2.45 bits per heavy atom. The van der Waals surface area contributed by atoms with Gasteiger partial charge < -0.3 is 10.2 Å². The smallest absolute Gasteiger partial charge is 0.251 e. The molecule has 0 atom stereocenters. The maximum absolute atomic E-state index is 13.1. The van der Waals surface area contributed by atoms with E-state index in [0.717, 1.165) is 0 Å². The van der Waals surface area contributed by atoms with Crippen LogP contribution in [-0.4, -0.2) is 36.3 Å². The van der Waals surface area contributed by atoms with E-state index < -0.39 is 0 Å². The Morgan fingerprint density at radius 2 is 1.90 bits per heavy atom. The summed E-state index contributed by atoms with van der Waals surface area (Å²) in [6.45, 7) is 7.06. The highest BCUT2D eigenvalue weighted by atomic mass is 19.1. The Balaban J connectivity index is 2.47. The molecule has 0 aliphatic rings. The first-order valence-corrected chi connectivity index (χ1v) is 6.81. The summed E-state index contributed by atoms with van der Waals surface area (Å²) in [5.41, 5.74) is 0.830. The number of nitrogens with one attached hydrogen (secondary N) is 1. The number of halogens is 1. The van der Waals surface area contributed by atoms with E-state index >= 15 is 0 Å². The van der Waals surface area contributed by atoms with Crippen LogP contribution in [0.5, 0.6) is 0 Å². The monoisotopic (exact) mass is 280 g/mol. The molecule has 0 saturated heterocycles. The average molecular weight is 280 g/mol. The molecule has 1 aromatic carbocycles. The third-order valence-corrected chi connectivity index (χ3v) is 3.16. The Labute approximate surface area is 119 Å². The molecule has 1 rings (SSSR count). The van der Waals surface area contributed by atoms with E-state index in [2.05, 4.69) is 5.32 Å². The lowest BCUT2D eigenvalue weighted by atomic mass is 10.1. The molecule has 0 heterocycles. The van der Waals surface area contributed by atoms with E-state index in [1.807, 2.05) is 13.8 Å². The van der Waals surface area contributed by atoms with Gasteiger partial charge in [0.2, 0.25) is 5.91 Å². The van der Waals surface area contributed by atoms with Gasteiger partial charge in [-0.05, 0) is 44.5 Å². The van der Waals surface area contributed by atoms with Gasteiger partial charge in [-0.2, -0.15) is 0 Å². The van der Waals surface area contributed by atoms with Crippen molar-refractivity contribution in [1.82, 2.24) is 10.2 Å². The van der Waals surface area contributed by atoms with Gasteiger partial charge in [0, 0.05) is 31.6 Å². The number of hydrogen-bond acceptors (Lipinski definition) is 2. The Morgan fingerprint density at radius 1 is 1.25 bits per heavy atom. The fourth-order valence-corrected chi connectivity index (χ4v) is 1.91. The second-order valence-electron chi connectivity index (χ2n) is 4.54. The summed E-state index contributed by atoms with van der Waals surface area (Å²) < 4.78 is 13.1. The van der Waals surface area contributed by atoms with Crippen molar-refractivity contribution in [2.45, 2.75) is 27.2 Å². The lowest BCUT2D eigenvalue weighted by Gasteiger charge is -2.18. The minimum Gasteiger partial charge on any atom is -0.352 e. The van der Waals surface area contributed by atoms with Crippen LogP contribution in [0.25, 0.3) is 0 Å². The lowest BCUT2D eigenvalue weighted by Crippen LogP contribution is -2.34. The van der Waals surface area contributed by atoms with E-state index in [9.17, 15) is 14.0 Å². The van der Waals surface area contributed by atoms with Crippen molar-refractivity contribution in [3.05, 3.63) is 35.1 Å². The minimum atomic E-state index is -0.335. The molecule has 1 N–H and O–H groups in total. The van der Waals surface area contributed by atoms with Gasteiger partial charge in [0.15, 0.2) is 0 Å². The van der Waals surface area contributed by atoms with E-state index in [0.29, 0.717) is 24.2 Å². The van der Waals surface area contributed by atoms with Crippen molar-refractivity contribution in [1.29, 1.82) is 0 Å². The number of carbonyl (C=O) groups excluding carboxylic acids is 2. The minimum absolute atomic E-state index is 0.0191. The summed E-state index contributed by atoms with van der Waals surface area (Å²) in [6.07, 6.45) is 0.271. The van der Waals surface area contributed by atoms with Crippen LogP contribution < -0.4 is 5.32 Å². The molecule has 0 bridgehead atoms. The van der Waals surface area contributed by atoms with Gasteiger partial charge in [0.05, 0.1) is 0 Å². The van der Waals surface area contributed by atoms with Crippen molar-refractivity contribution < 1.29 is 14.0 Å². The topological polar surface area (TPSA) is 49.4 Å². The van der Waals surface area contributed by atoms with Gasteiger partial charge in [0.1, 0.15) is 5.82 Å². The molecule has 0 aliphatic heterocycles. The third kappa shape index (κ3) is 4.33. The zero-order valence-electron chi connectivity index (χ0n) is 12.2. The summed E-state index contributed by atoms with van der Waals surface area (Å²) in [6, 6.07) is 4.20. The highest BCUT2D eigenvalue weighted by molar-refractivity contribution is 5.94. The molecule has 20 heavy (non-hydrogen) atoms. The van der Waals surface area contributed by atoms with Crippen LogP contribution in [-0.2, 0) is 4.79 Å². The van der Waals surface area contributed by atoms with Gasteiger partial charge in [-0.15, -0.1) is 0 Å². The molecular weight excluding hydrogens is 259 g/mol. The van der Waals surface area contributed by atoms with E-state index in [1.165, 1.54) is 18.2 Å². The van der Waals surface area contributed by atoms with Gasteiger partial charge >= 0.3 is 0 Å². The molecule has 1 aromatic rings. The number of aryl methyl sites for hydroxylation is 1. The molecule has 0 unspecified atom stereocenters. The van der Waals surface area contributed by atoms with Crippen LogP contribution >= 0.6 is 0 Å². The standard InChI is InChI=1S/C15H21FN2O2/c1-4-18(5-2)14(19)8-9-17-15(20)12-6-7-13(16)11(3)10-12/h6-7,10H,4-5,8-9H2,1-3H3,(H,17,20). The normalized spacial score (nSPS) is 10.2. The Hall–Kier alpha value is -1.91. The molecule has 110 valence electrons. The second kappa shape index (κ2) is 7.62. The largest absolute Gasteiger partial charge is 0.352 e. The Kier molecular flexibility index (Phi) is 6.15. The molecule has 0 aromatic heterocycles. The van der Waals surface area contributed by atoms with Crippen molar-refractivity contribution in [3.8, 4) is 0 Å². The highest BCUT2D eigenvalue weighted by Crippen LogP contribution is 2.09. The maximum atomic E-state index is 13.1. The number of benzene rings is 1. The highest BCUT2D eigenvalue weighted by Gasteiger charge is 2.11. The predicted molar refractivity (Wildman–Crippen MR) is 76.0 cm³/mol. The van der Waals surface area contributed by atoms with Crippen molar-refractivity contribution in [3.63, 3.8) is 0 Å². The molecule has 4 nitrogen and oxygen atoms in total. The van der Waals surface area contributed by atoms with Crippen LogP contribution in [0.4, 0.5) is 4.39 Å². The lowest BCUT2D eigenvalue weighted by molar-refractivity contribution is -0.130. The van der Waals surface area contributed by atoms with E-state index in [1.54, 1.807) is 11.8 Å². The fraction of sp³-hybridized carbons (Fsp3) is 0.467. The maximum Gasteiger partial charge on any atom is 0.251 e. The summed E-state index contributed by atoms with van der Waals surface area (Å²) in [5.74, 6) is -0.607. The molecular formula is C15H21FN2O2. The first-order chi connectivity index (χ1) is 9.49. The van der Waals surface area contributed by atoms with E-state index in [-0.39, 0.29) is 30.6 Å². The zero-order chi connectivity index (χ0) is 15.1. The molecule has 0 saturated carbocycles. The first kappa shape index (κ1) is 16.1. The average Bonchev–Trinajstić information content (AvgIpc) is 2.43. The Bertz CT molecular complexity index is 485. The van der Waals surface area contributed by atoms with Crippen molar-refractivity contribution in [2.24, 2.45) is 0 Å². The van der Waals surface area contributed by atoms with Crippen molar-refractivity contribution in [2.75, 3.05) is 19.6 Å². The second-order valence-corrected chi connectivity index (χ2v) is 4.54. The zero-order valence-corrected chi connectivity index (χ0v) is 12.2. The van der Waals surface area contributed by atoms with Crippen LogP contribution in [0, 0.1) is 12.7 Å². The molecule has 0 radical (unpaired) electrons. The van der Waals surface area contributed by atoms with E-state index in [4.69, 9.17) is 0 Å². The first-order valence-electron chi connectivity index (χ1n) is 6.81. The molecule has 0 fully saturated rings. The number of nitrogens with zero attached hydrogens (tertiary/aromatic N) is 1. The van der Waals surface area contributed by atoms with Crippen LogP contribution in [0.2, 0.25) is 0 Å². The number of hydrogen-bond donors (Lipinski definition) is 1. The van der Waals surface area contributed by atoms with Crippen LogP contribution in [0.3, 0.4) is 0 Å². The molecule has 0 spiro atoms. The predicted octanol–water partition coefficient (Wildman–Crippen LogP) is 2.12. The molecule has 5 heteroatoms. The van der Waals surface area contributed by atoms with Gasteiger partial charge in [0.25, 0.3) is 5.91 Å². The summed E-state index contributed by atoms with van der Waals surface area (Å²) in [7, 11) is 0. The van der Waals surface area contributed by atoms with Crippen LogP contribution in [0.15, 0.2) is 18.2 Å². The van der Waals surface area contributed by atoms with Crippen molar-refractivity contribution >= 4 is 11.8 Å². The summed E-state index contributed by atoms with van der Waals surface area (Å²) in [5, 5.41) is 2.67. The quantitative estimate of drug-likeness (QED) is 0.867. The number of carbonyl (C=O) groups is 2. The summed E-state index contributed by atoms with van der Waals surface area (Å²) >= 11 is 0. The van der Waals surface area contributed by atoms with Crippen LogP contribution in [0.1, 0.15) is 36.2 Å². The number of rotatable bonds is 6. The fourth-order valence-electron chi connectivity index (χ4n) is 1.91. The third-order valence-electron chi connectivity index (χ3n) is 3.16. The van der Waals surface area contributed by atoms with Gasteiger partial charge in [-0.1, -0.05) is 0 Å². The molecule has 2 amide bonds. The summed E-state index contributed by atoms with van der Waals surface area (Å²) in [4.78, 5) is 25.3. The van der Waals surface area contributed by atoms with Gasteiger partial charge in [-0.3, -0.25) is 9.59 Å². The SMILES string of the molecule is CCN(CC)C(=O)CCNC(=O)c1ccc(F)c(C)c1. The number of amides is 2. The van der Waals surface area contributed by atoms with Gasteiger partial charge in [-0.25, -0.2) is 4.39 Å².